The lowest BCUT2D eigenvalue weighted by Gasteiger charge is -2.20. The third-order valence-corrected chi connectivity index (χ3v) is 4.73. The summed E-state index contributed by atoms with van der Waals surface area (Å²) in [6.45, 7) is 1.72. The second-order valence-electron chi connectivity index (χ2n) is 6.22. The maximum absolute atomic E-state index is 12.3. The number of aromatic nitrogens is 4. The largest absolute Gasteiger partial charge is 0.354 e. The molecule has 1 N–H and O–H groups in total. The van der Waals surface area contributed by atoms with Gasteiger partial charge in [0.05, 0.1) is 0 Å². The molecule has 23 heavy (non-hydrogen) atoms. The molecule has 7 heteroatoms. The fourth-order valence-electron chi connectivity index (χ4n) is 3.54. The lowest BCUT2D eigenvalue weighted by molar-refractivity contribution is 0.0931. The zero-order chi connectivity index (χ0) is 15.8. The van der Waals surface area contributed by atoms with Crippen LogP contribution in [0.15, 0.2) is 18.6 Å². The van der Waals surface area contributed by atoms with Crippen molar-refractivity contribution >= 4 is 11.7 Å². The van der Waals surface area contributed by atoms with Gasteiger partial charge in [-0.2, -0.15) is 5.10 Å². The first-order valence-electron chi connectivity index (χ1n) is 8.09. The number of rotatable bonds is 3. The maximum Gasteiger partial charge on any atom is 0.269 e. The molecular formula is C16H20N6O. The van der Waals surface area contributed by atoms with E-state index in [1.165, 1.54) is 11.3 Å². The van der Waals surface area contributed by atoms with Crippen LogP contribution in [0.3, 0.4) is 0 Å². The van der Waals surface area contributed by atoms with E-state index in [-0.39, 0.29) is 11.9 Å². The standard InChI is InChI=1S/C16H20N6O/c1-21-14(5-7-19-21)16(23)20-11-6-8-22(9-11)15-12-3-2-4-13(12)17-10-18-15/h5,7,10-11H,2-4,6,8-9H2,1H3,(H,20,23). The molecule has 1 atom stereocenters. The van der Waals surface area contributed by atoms with E-state index < -0.39 is 0 Å². The second kappa shape index (κ2) is 5.64. The van der Waals surface area contributed by atoms with Crippen molar-refractivity contribution in [1.29, 1.82) is 0 Å². The van der Waals surface area contributed by atoms with Crippen LogP contribution in [0.25, 0.3) is 0 Å². The van der Waals surface area contributed by atoms with Crippen LogP contribution < -0.4 is 10.2 Å². The molecule has 0 radical (unpaired) electrons. The third kappa shape index (κ3) is 2.56. The van der Waals surface area contributed by atoms with Crippen molar-refractivity contribution in [2.24, 2.45) is 7.05 Å². The quantitative estimate of drug-likeness (QED) is 0.903. The van der Waals surface area contributed by atoms with Gasteiger partial charge in [-0.3, -0.25) is 9.48 Å². The Balaban J connectivity index is 1.45. The van der Waals surface area contributed by atoms with Crippen LogP contribution in [0.2, 0.25) is 0 Å². The number of nitrogens with zero attached hydrogens (tertiary/aromatic N) is 5. The highest BCUT2D eigenvalue weighted by atomic mass is 16.2. The fraction of sp³-hybridized carbons (Fsp3) is 0.500. The summed E-state index contributed by atoms with van der Waals surface area (Å²) in [7, 11) is 1.78. The minimum absolute atomic E-state index is 0.0650. The van der Waals surface area contributed by atoms with Crippen LogP contribution in [0, 0.1) is 0 Å². The van der Waals surface area contributed by atoms with Crippen molar-refractivity contribution in [2.45, 2.75) is 31.7 Å². The summed E-state index contributed by atoms with van der Waals surface area (Å²) >= 11 is 0. The highest BCUT2D eigenvalue weighted by Crippen LogP contribution is 2.29. The first-order chi connectivity index (χ1) is 11.2. The SMILES string of the molecule is Cn1nccc1C(=O)NC1CCN(c2ncnc3c2CCC3)C1. The Morgan fingerprint density at radius 1 is 1.35 bits per heavy atom. The Kier molecular flexibility index (Phi) is 3.48. The minimum Gasteiger partial charge on any atom is -0.354 e. The predicted molar refractivity (Wildman–Crippen MR) is 85.3 cm³/mol. The van der Waals surface area contributed by atoms with Crippen LogP contribution in [0.4, 0.5) is 5.82 Å². The number of amides is 1. The summed E-state index contributed by atoms with van der Waals surface area (Å²) in [5.41, 5.74) is 3.08. The number of nitrogens with one attached hydrogen (secondary N) is 1. The summed E-state index contributed by atoms with van der Waals surface area (Å²) < 4.78 is 1.60. The van der Waals surface area contributed by atoms with E-state index in [1.54, 1.807) is 30.3 Å². The number of carbonyl (C=O) groups is 1. The Morgan fingerprint density at radius 3 is 3.09 bits per heavy atom. The van der Waals surface area contributed by atoms with Crippen molar-refractivity contribution in [3.8, 4) is 0 Å². The number of anilines is 1. The van der Waals surface area contributed by atoms with Crippen molar-refractivity contribution in [3.05, 3.63) is 35.5 Å². The van der Waals surface area contributed by atoms with E-state index >= 15 is 0 Å². The van der Waals surface area contributed by atoms with Crippen LogP contribution in [0.1, 0.15) is 34.6 Å². The van der Waals surface area contributed by atoms with E-state index in [2.05, 4.69) is 25.3 Å². The molecule has 1 unspecified atom stereocenters. The van der Waals surface area contributed by atoms with Gasteiger partial charge in [0, 0.05) is 43.6 Å². The molecule has 2 aliphatic rings. The second-order valence-corrected chi connectivity index (χ2v) is 6.22. The van der Waals surface area contributed by atoms with Crippen molar-refractivity contribution in [2.75, 3.05) is 18.0 Å². The molecule has 3 heterocycles. The van der Waals surface area contributed by atoms with Gasteiger partial charge in [-0.05, 0) is 31.7 Å². The molecule has 1 amide bonds. The molecule has 0 aromatic carbocycles. The van der Waals surface area contributed by atoms with Gasteiger partial charge in [0.15, 0.2) is 0 Å². The lowest BCUT2D eigenvalue weighted by atomic mass is 10.2. The molecule has 4 rings (SSSR count). The van der Waals surface area contributed by atoms with E-state index in [0.717, 1.165) is 44.6 Å². The Labute approximate surface area is 134 Å². The highest BCUT2D eigenvalue weighted by Gasteiger charge is 2.29. The van der Waals surface area contributed by atoms with Gasteiger partial charge < -0.3 is 10.2 Å². The Morgan fingerprint density at radius 2 is 2.26 bits per heavy atom. The van der Waals surface area contributed by atoms with Gasteiger partial charge in [0.25, 0.3) is 5.91 Å². The number of fused-ring (bicyclic) bond motifs is 1. The van der Waals surface area contributed by atoms with E-state index in [4.69, 9.17) is 0 Å². The van der Waals surface area contributed by atoms with E-state index in [0.29, 0.717) is 5.69 Å². The van der Waals surface area contributed by atoms with Crippen LogP contribution in [-0.2, 0) is 19.9 Å². The molecule has 1 saturated heterocycles. The molecule has 0 spiro atoms. The summed E-state index contributed by atoms with van der Waals surface area (Å²) in [5.74, 6) is 0.995. The van der Waals surface area contributed by atoms with E-state index in [9.17, 15) is 4.79 Å². The van der Waals surface area contributed by atoms with Crippen LogP contribution >= 0.6 is 0 Å². The Bertz CT molecular complexity index is 740. The average Bonchev–Trinajstić information content (AvgIpc) is 3.26. The normalized spacial score (nSPS) is 19.9. The number of hydrogen-bond donors (Lipinski definition) is 1. The predicted octanol–water partition coefficient (Wildman–Crippen LogP) is 0.707. The molecule has 1 aliphatic heterocycles. The van der Waals surface area contributed by atoms with Gasteiger partial charge in [-0.1, -0.05) is 0 Å². The molecule has 0 bridgehead atoms. The van der Waals surface area contributed by atoms with Gasteiger partial charge in [-0.15, -0.1) is 0 Å². The van der Waals surface area contributed by atoms with Gasteiger partial charge in [0.1, 0.15) is 17.8 Å². The van der Waals surface area contributed by atoms with Gasteiger partial charge in [0.2, 0.25) is 0 Å². The first-order valence-corrected chi connectivity index (χ1v) is 8.09. The first kappa shape index (κ1) is 14.2. The summed E-state index contributed by atoms with van der Waals surface area (Å²) in [5, 5.41) is 7.15. The molecule has 2 aromatic heterocycles. The lowest BCUT2D eigenvalue weighted by Crippen LogP contribution is -2.38. The van der Waals surface area contributed by atoms with Gasteiger partial charge >= 0.3 is 0 Å². The maximum atomic E-state index is 12.3. The number of carbonyl (C=O) groups excluding carboxylic acids is 1. The molecule has 1 aliphatic carbocycles. The zero-order valence-corrected chi connectivity index (χ0v) is 13.2. The number of hydrogen-bond acceptors (Lipinski definition) is 5. The molecule has 2 aromatic rings. The third-order valence-electron chi connectivity index (χ3n) is 4.73. The zero-order valence-electron chi connectivity index (χ0n) is 13.2. The van der Waals surface area contributed by atoms with E-state index in [1.807, 2.05) is 0 Å². The van der Waals surface area contributed by atoms with Crippen molar-refractivity contribution in [1.82, 2.24) is 25.1 Å². The molecule has 0 saturated carbocycles. The fourth-order valence-corrected chi connectivity index (χ4v) is 3.54. The van der Waals surface area contributed by atoms with Crippen LogP contribution in [0.5, 0.6) is 0 Å². The summed E-state index contributed by atoms with van der Waals surface area (Å²) in [6.07, 6.45) is 7.52. The van der Waals surface area contributed by atoms with Crippen LogP contribution in [-0.4, -0.2) is 44.8 Å². The molecule has 7 nitrogen and oxygen atoms in total. The molecule has 1 fully saturated rings. The van der Waals surface area contributed by atoms with Gasteiger partial charge in [-0.25, -0.2) is 9.97 Å². The smallest absolute Gasteiger partial charge is 0.269 e. The monoisotopic (exact) mass is 312 g/mol. The van der Waals surface area contributed by atoms with Crippen molar-refractivity contribution < 1.29 is 4.79 Å². The summed E-state index contributed by atoms with van der Waals surface area (Å²) in [4.78, 5) is 23.5. The highest BCUT2D eigenvalue weighted by molar-refractivity contribution is 5.92. The molecular weight excluding hydrogens is 292 g/mol. The Hall–Kier alpha value is -2.44. The average molecular weight is 312 g/mol. The summed E-state index contributed by atoms with van der Waals surface area (Å²) in [6, 6.07) is 1.88. The molecule has 120 valence electrons. The van der Waals surface area contributed by atoms with Crippen molar-refractivity contribution in [3.63, 3.8) is 0 Å². The minimum atomic E-state index is -0.0650. The number of aryl methyl sites for hydroxylation is 2. The topological polar surface area (TPSA) is 75.9 Å².